The molecule has 1 unspecified atom stereocenters. The van der Waals surface area contributed by atoms with Gasteiger partial charge in [0.25, 0.3) is 0 Å². The molecule has 0 amide bonds. The predicted molar refractivity (Wildman–Crippen MR) is 85.8 cm³/mol. The van der Waals surface area contributed by atoms with Gasteiger partial charge in [-0.1, -0.05) is 35.9 Å². The molecule has 0 aromatic rings. The molecule has 4 nitrogen and oxygen atoms in total. The van der Waals surface area contributed by atoms with Crippen LogP contribution in [-0.2, 0) is 4.74 Å². The molecule has 0 bridgehead atoms. The molecule has 21 heavy (non-hydrogen) atoms. The summed E-state index contributed by atoms with van der Waals surface area (Å²) in [7, 11) is 1.63. The second kappa shape index (κ2) is 9.74. The molecule has 0 aromatic carbocycles. The standard InChI is InChI=1S/C17H29NO3/c1-13-10-11-15(18-20)8-6-4-5-7-9-16(21-3)17(19)14(2)12-13/h7,9,12,14,16-17,19-20H,4-6,8,10-11H2,1-3H3/b9-7+,13-12-,18-15-/t14?,16-,17-/m0/s1. The Hall–Kier alpha value is -1.13. The van der Waals surface area contributed by atoms with Gasteiger partial charge in [0.05, 0.1) is 11.8 Å². The Morgan fingerprint density at radius 3 is 2.67 bits per heavy atom. The SMILES string of the molecule is CO[C@H]1/C=C/CCCC/C(=N/O)CC/C(C)=C\C(C)[C@@H]1O. The third kappa shape index (κ3) is 6.44. The van der Waals surface area contributed by atoms with Crippen molar-refractivity contribution in [3.8, 4) is 0 Å². The highest BCUT2D eigenvalue weighted by Gasteiger charge is 2.21. The lowest BCUT2D eigenvalue weighted by molar-refractivity contribution is -0.00187. The normalized spacial score (nSPS) is 35.7. The first-order valence-electron chi connectivity index (χ1n) is 7.83. The topological polar surface area (TPSA) is 62.0 Å². The quantitative estimate of drug-likeness (QED) is 0.440. The van der Waals surface area contributed by atoms with E-state index in [4.69, 9.17) is 9.94 Å². The molecule has 0 saturated carbocycles. The van der Waals surface area contributed by atoms with Crippen LogP contribution in [-0.4, -0.2) is 35.3 Å². The van der Waals surface area contributed by atoms with E-state index in [1.165, 1.54) is 5.57 Å². The molecule has 0 fully saturated rings. The van der Waals surface area contributed by atoms with Gasteiger partial charge in [-0.25, -0.2) is 0 Å². The van der Waals surface area contributed by atoms with Gasteiger partial charge in [0, 0.05) is 13.0 Å². The Labute approximate surface area is 128 Å². The number of ether oxygens (including phenoxy) is 1. The number of aliphatic hydroxyl groups is 1. The average Bonchev–Trinajstić information content (AvgIpc) is 2.48. The van der Waals surface area contributed by atoms with Crippen molar-refractivity contribution in [1.29, 1.82) is 0 Å². The summed E-state index contributed by atoms with van der Waals surface area (Å²) in [5.41, 5.74) is 2.07. The first-order chi connectivity index (χ1) is 10.1. The van der Waals surface area contributed by atoms with E-state index in [1.807, 2.05) is 13.0 Å². The van der Waals surface area contributed by atoms with Gasteiger partial charge in [0.15, 0.2) is 0 Å². The summed E-state index contributed by atoms with van der Waals surface area (Å²) in [6.45, 7) is 4.06. The first kappa shape index (κ1) is 17.9. The number of methoxy groups -OCH3 is 1. The number of nitrogens with zero attached hydrogens (tertiary/aromatic N) is 1. The van der Waals surface area contributed by atoms with Crippen molar-refractivity contribution in [1.82, 2.24) is 0 Å². The largest absolute Gasteiger partial charge is 0.411 e. The number of hydrogen-bond donors (Lipinski definition) is 2. The lowest BCUT2D eigenvalue weighted by Crippen LogP contribution is -2.31. The summed E-state index contributed by atoms with van der Waals surface area (Å²) in [4.78, 5) is 0. The van der Waals surface area contributed by atoms with E-state index in [1.54, 1.807) is 7.11 Å². The third-order valence-corrected chi connectivity index (χ3v) is 4.06. The van der Waals surface area contributed by atoms with Crippen LogP contribution in [0.2, 0.25) is 0 Å². The summed E-state index contributed by atoms with van der Waals surface area (Å²) in [6, 6.07) is 0. The Balaban J connectivity index is 2.82. The third-order valence-electron chi connectivity index (χ3n) is 4.06. The smallest absolute Gasteiger partial charge is 0.102 e. The van der Waals surface area contributed by atoms with Crippen LogP contribution >= 0.6 is 0 Å². The number of oxime groups is 1. The van der Waals surface area contributed by atoms with Gasteiger partial charge in [-0.3, -0.25) is 0 Å². The molecule has 0 radical (unpaired) electrons. The Kier molecular flexibility index (Phi) is 8.31. The van der Waals surface area contributed by atoms with Crippen molar-refractivity contribution in [2.24, 2.45) is 11.1 Å². The van der Waals surface area contributed by atoms with Crippen molar-refractivity contribution in [2.45, 2.75) is 64.6 Å². The molecule has 120 valence electrons. The maximum absolute atomic E-state index is 10.4. The van der Waals surface area contributed by atoms with Gasteiger partial charge in [-0.05, 0) is 45.4 Å². The highest BCUT2D eigenvalue weighted by atomic mass is 16.5. The van der Waals surface area contributed by atoms with Crippen LogP contribution in [0.3, 0.4) is 0 Å². The van der Waals surface area contributed by atoms with E-state index in [2.05, 4.69) is 24.2 Å². The van der Waals surface area contributed by atoms with Gasteiger partial charge < -0.3 is 15.1 Å². The number of aliphatic hydroxyl groups excluding tert-OH is 1. The van der Waals surface area contributed by atoms with Crippen LogP contribution in [0.15, 0.2) is 29.0 Å². The van der Waals surface area contributed by atoms with E-state index in [0.717, 1.165) is 44.2 Å². The van der Waals surface area contributed by atoms with Gasteiger partial charge in [-0.2, -0.15) is 0 Å². The minimum Gasteiger partial charge on any atom is -0.411 e. The van der Waals surface area contributed by atoms with Crippen LogP contribution in [0.25, 0.3) is 0 Å². The fourth-order valence-corrected chi connectivity index (χ4v) is 2.65. The predicted octanol–water partition coefficient (Wildman–Crippen LogP) is 3.69. The molecule has 0 heterocycles. The Morgan fingerprint density at radius 2 is 2.00 bits per heavy atom. The van der Waals surface area contributed by atoms with E-state index in [0.29, 0.717) is 0 Å². The summed E-state index contributed by atoms with van der Waals surface area (Å²) >= 11 is 0. The highest BCUT2D eigenvalue weighted by molar-refractivity contribution is 5.84. The summed E-state index contributed by atoms with van der Waals surface area (Å²) < 4.78 is 5.39. The minimum absolute atomic E-state index is 0.0251. The average molecular weight is 295 g/mol. The summed E-state index contributed by atoms with van der Waals surface area (Å²) in [5.74, 6) is 0.0251. The van der Waals surface area contributed by atoms with Crippen LogP contribution in [0.5, 0.6) is 0 Å². The molecule has 4 heteroatoms. The zero-order valence-electron chi connectivity index (χ0n) is 13.5. The number of allylic oxidation sites excluding steroid dienone is 2. The molecule has 1 aliphatic rings. The number of hydrogen-bond acceptors (Lipinski definition) is 4. The maximum Gasteiger partial charge on any atom is 0.102 e. The van der Waals surface area contributed by atoms with E-state index < -0.39 is 6.10 Å². The van der Waals surface area contributed by atoms with Crippen LogP contribution in [0.1, 0.15) is 52.4 Å². The summed E-state index contributed by atoms with van der Waals surface area (Å²) in [5, 5.41) is 22.8. The molecule has 0 aromatic heterocycles. The molecular weight excluding hydrogens is 266 g/mol. The van der Waals surface area contributed by atoms with Crippen molar-refractivity contribution in [2.75, 3.05) is 7.11 Å². The van der Waals surface area contributed by atoms with Crippen molar-refractivity contribution < 1.29 is 15.1 Å². The second-order valence-corrected chi connectivity index (χ2v) is 5.90. The molecule has 1 rings (SSSR count). The van der Waals surface area contributed by atoms with Gasteiger partial charge in [-0.15, -0.1) is 0 Å². The molecule has 0 aliphatic heterocycles. The molecule has 0 saturated heterocycles. The highest BCUT2D eigenvalue weighted by Crippen LogP contribution is 2.18. The maximum atomic E-state index is 10.4. The Bertz CT molecular complexity index is 387. The first-order valence-corrected chi connectivity index (χ1v) is 7.83. The molecule has 0 spiro atoms. The second-order valence-electron chi connectivity index (χ2n) is 5.90. The fourth-order valence-electron chi connectivity index (χ4n) is 2.65. The fraction of sp³-hybridized carbons (Fsp3) is 0.706. The van der Waals surface area contributed by atoms with E-state index in [9.17, 15) is 5.11 Å². The van der Waals surface area contributed by atoms with Crippen molar-refractivity contribution in [3.05, 3.63) is 23.8 Å². The van der Waals surface area contributed by atoms with Gasteiger partial charge in [0.1, 0.15) is 6.10 Å². The zero-order valence-corrected chi connectivity index (χ0v) is 13.5. The lowest BCUT2D eigenvalue weighted by atomic mass is 9.94. The van der Waals surface area contributed by atoms with Crippen molar-refractivity contribution >= 4 is 5.71 Å². The van der Waals surface area contributed by atoms with Crippen LogP contribution < -0.4 is 0 Å². The molecule has 2 N–H and O–H groups in total. The van der Waals surface area contributed by atoms with E-state index in [-0.39, 0.29) is 12.0 Å². The van der Waals surface area contributed by atoms with Crippen molar-refractivity contribution in [3.63, 3.8) is 0 Å². The molecule has 3 atom stereocenters. The van der Waals surface area contributed by atoms with Gasteiger partial charge >= 0.3 is 0 Å². The van der Waals surface area contributed by atoms with Gasteiger partial charge in [0.2, 0.25) is 0 Å². The lowest BCUT2D eigenvalue weighted by Gasteiger charge is -2.23. The molecule has 1 aliphatic carbocycles. The number of rotatable bonds is 1. The minimum atomic E-state index is -0.546. The zero-order chi connectivity index (χ0) is 15.7. The molecular formula is C17H29NO3. The van der Waals surface area contributed by atoms with E-state index >= 15 is 0 Å². The summed E-state index contributed by atoms with van der Waals surface area (Å²) in [6.07, 6.45) is 10.8. The van der Waals surface area contributed by atoms with Crippen LogP contribution in [0, 0.1) is 5.92 Å². The monoisotopic (exact) mass is 295 g/mol. The Morgan fingerprint density at radius 1 is 1.24 bits per heavy atom. The van der Waals surface area contributed by atoms with Crippen LogP contribution in [0.4, 0.5) is 0 Å².